The highest BCUT2D eigenvalue weighted by atomic mass is 19.1. The maximum atomic E-state index is 13.2. The zero-order valence-corrected chi connectivity index (χ0v) is 15.0. The van der Waals surface area contributed by atoms with Gasteiger partial charge in [0.05, 0.1) is 6.61 Å². The smallest absolute Gasteiger partial charge is 0.260 e. The lowest BCUT2D eigenvalue weighted by Gasteiger charge is -2.17. The third-order valence-corrected chi connectivity index (χ3v) is 4.87. The van der Waals surface area contributed by atoms with Gasteiger partial charge in [-0.25, -0.2) is 8.78 Å². The normalized spacial score (nSPS) is 16.6. The van der Waals surface area contributed by atoms with Gasteiger partial charge in [0.15, 0.2) is 6.61 Å². The van der Waals surface area contributed by atoms with Crippen LogP contribution in [0.4, 0.5) is 8.78 Å². The van der Waals surface area contributed by atoms with Crippen LogP contribution in [0.5, 0.6) is 5.75 Å². The van der Waals surface area contributed by atoms with Crippen molar-refractivity contribution >= 4 is 5.91 Å². The van der Waals surface area contributed by atoms with Crippen molar-refractivity contribution in [3.05, 3.63) is 65.2 Å². The first-order valence-electron chi connectivity index (χ1n) is 9.09. The minimum absolute atomic E-state index is 0.0275. The third kappa shape index (κ3) is 5.50. The molecule has 3 rings (SSSR count). The number of aliphatic hydroxyl groups is 1. The van der Waals surface area contributed by atoms with Crippen molar-refractivity contribution in [2.45, 2.75) is 25.9 Å². The van der Waals surface area contributed by atoms with E-state index in [0.29, 0.717) is 36.7 Å². The van der Waals surface area contributed by atoms with Crippen molar-refractivity contribution in [3.8, 4) is 5.75 Å². The van der Waals surface area contributed by atoms with Crippen LogP contribution < -0.4 is 4.74 Å². The average Bonchev–Trinajstić information content (AvgIpc) is 3.13. The monoisotopic (exact) mass is 375 g/mol. The van der Waals surface area contributed by atoms with Crippen LogP contribution in [0.2, 0.25) is 0 Å². The lowest BCUT2D eigenvalue weighted by atomic mass is 9.99. The summed E-state index contributed by atoms with van der Waals surface area (Å²) in [5, 5.41) is 9.02. The summed E-state index contributed by atoms with van der Waals surface area (Å²) < 4.78 is 32.0. The average molecular weight is 375 g/mol. The van der Waals surface area contributed by atoms with E-state index in [0.717, 1.165) is 24.5 Å². The summed E-state index contributed by atoms with van der Waals surface area (Å²) >= 11 is 0. The van der Waals surface area contributed by atoms with Crippen molar-refractivity contribution in [2.75, 3.05) is 19.7 Å². The molecule has 0 radical (unpaired) electrons. The number of aliphatic hydroxyl groups excluding tert-OH is 1. The Morgan fingerprint density at radius 1 is 1.11 bits per heavy atom. The molecule has 1 aliphatic rings. The number of rotatable bonds is 7. The molecule has 0 aromatic heterocycles. The number of halogens is 2. The first-order valence-corrected chi connectivity index (χ1v) is 9.09. The summed E-state index contributed by atoms with van der Waals surface area (Å²) in [5.41, 5.74) is 1.43. The molecule has 1 aliphatic heterocycles. The molecule has 144 valence electrons. The van der Waals surface area contributed by atoms with E-state index in [1.54, 1.807) is 29.2 Å². The third-order valence-electron chi connectivity index (χ3n) is 4.87. The molecule has 1 heterocycles. The summed E-state index contributed by atoms with van der Waals surface area (Å²) in [6.45, 7) is 1.26. The van der Waals surface area contributed by atoms with E-state index in [4.69, 9.17) is 9.84 Å². The molecular formula is C21H23F2NO3. The molecule has 0 spiro atoms. The highest BCUT2D eigenvalue weighted by Crippen LogP contribution is 2.22. The van der Waals surface area contributed by atoms with E-state index in [1.807, 2.05) is 0 Å². The topological polar surface area (TPSA) is 49.8 Å². The quantitative estimate of drug-likeness (QED) is 0.808. The van der Waals surface area contributed by atoms with E-state index in [9.17, 15) is 13.6 Å². The van der Waals surface area contributed by atoms with Gasteiger partial charge in [0.25, 0.3) is 5.91 Å². The predicted molar refractivity (Wildman–Crippen MR) is 97.2 cm³/mol. The van der Waals surface area contributed by atoms with Crippen LogP contribution in [-0.4, -0.2) is 35.6 Å². The highest BCUT2D eigenvalue weighted by molar-refractivity contribution is 5.78. The number of benzene rings is 2. The Morgan fingerprint density at radius 3 is 2.48 bits per heavy atom. The number of nitrogens with zero attached hydrogens (tertiary/aromatic N) is 1. The van der Waals surface area contributed by atoms with Crippen molar-refractivity contribution in [1.29, 1.82) is 0 Å². The molecule has 0 saturated carbocycles. The molecule has 27 heavy (non-hydrogen) atoms. The van der Waals surface area contributed by atoms with Gasteiger partial charge in [-0.3, -0.25) is 4.79 Å². The standard InChI is InChI=1S/C21H23F2NO3/c22-18-9-17(10-19(23)11-18)2-1-15-7-8-24(12-15)21(26)14-27-20-5-3-16(13-25)4-6-20/h3-6,9-11,15,25H,1-2,7-8,12-14H2. The molecule has 4 nitrogen and oxygen atoms in total. The molecule has 1 unspecified atom stereocenters. The maximum absolute atomic E-state index is 13.2. The zero-order chi connectivity index (χ0) is 19.2. The molecule has 1 saturated heterocycles. The lowest BCUT2D eigenvalue weighted by molar-refractivity contribution is -0.132. The Balaban J connectivity index is 1.43. The number of ether oxygens (including phenoxy) is 1. The molecule has 1 N–H and O–H groups in total. The zero-order valence-electron chi connectivity index (χ0n) is 15.0. The molecule has 1 amide bonds. The highest BCUT2D eigenvalue weighted by Gasteiger charge is 2.26. The molecule has 2 aromatic carbocycles. The van der Waals surface area contributed by atoms with Gasteiger partial charge in [-0.1, -0.05) is 12.1 Å². The van der Waals surface area contributed by atoms with Crippen LogP contribution >= 0.6 is 0 Å². The summed E-state index contributed by atoms with van der Waals surface area (Å²) in [7, 11) is 0. The van der Waals surface area contributed by atoms with Gasteiger partial charge in [0.2, 0.25) is 0 Å². The van der Waals surface area contributed by atoms with Crippen LogP contribution in [0.25, 0.3) is 0 Å². The Bertz CT molecular complexity index is 759. The number of carbonyl (C=O) groups is 1. The van der Waals surface area contributed by atoms with Gasteiger partial charge in [-0.05, 0) is 60.6 Å². The summed E-state index contributed by atoms with van der Waals surface area (Å²) in [4.78, 5) is 14.1. The number of hydrogen-bond acceptors (Lipinski definition) is 3. The predicted octanol–water partition coefficient (Wildman–Crippen LogP) is 3.32. The Hall–Kier alpha value is -2.47. The number of carbonyl (C=O) groups excluding carboxylic acids is 1. The van der Waals surface area contributed by atoms with E-state index in [2.05, 4.69) is 0 Å². The minimum atomic E-state index is -0.558. The molecule has 6 heteroatoms. The summed E-state index contributed by atoms with van der Waals surface area (Å²) in [5.74, 6) is -0.274. The second kappa shape index (κ2) is 8.95. The first-order chi connectivity index (χ1) is 13.0. The second-order valence-electron chi connectivity index (χ2n) is 6.90. The van der Waals surface area contributed by atoms with E-state index in [1.165, 1.54) is 12.1 Å². The fourth-order valence-electron chi connectivity index (χ4n) is 3.35. The van der Waals surface area contributed by atoms with Crippen LogP contribution in [0.15, 0.2) is 42.5 Å². The van der Waals surface area contributed by atoms with Crippen molar-refractivity contribution < 1.29 is 23.4 Å². The molecule has 0 bridgehead atoms. The van der Waals surface area contributed by atoms with Gasteiger partial charge in [-0.2, -0.15) is 0 Å². The summed E-state index contributed by atoms with van der Waals surface area (Å²) in [6, 6.07) is 10.5. The van der Waals surface area contributed by atoms with Crippen LogP contribution in [0.1, 0.15) is 24.0 Å². The fraction of sp³-hybridized carbons (Fsp3) is 0.381. The van der Waals surface area contributed by atoms with Crippen molar-refractivity contribution in [1.82, 2.24) is 4.90 Å². The molecule has 1 fully saturated rings. The van der Waals surface area contributed by atoms with E-state index in [-0.39, 0.29) is 19.1 Å². The second-order valence-corrected chi connectivity index (χ2v) is 6.90. The molecule has 2 aromatic rings. The van der Waals surface area contributed by atoms with Gasteiger partial charge < -0.3 is 14.7 Å². The molecular weight excluding hydrogens is 352 g/mol. The number of hydrogen-bond donors (Lipinski definition) is 1. The fourth-order valence-corrected chi connectivity index (χ4v) is 3.35. The van der Waals surface area contributed by atoms with Gasteiger partial charge in [0, 0.05) is 19.2 Å². The molecule has 0 aliphatic carbocycles. The van der Waals surface area contributed by atoms with E-state index < -0.39 is 11.6 Å². The minimum Gasteiger partial charge on any atom is -0.484 e. The van der Waals surface area contributed by atoms with Crippen molar-refractivity contribution in [2.24, 2.45) is 5.92 Å². The van der Waals surface area contributed by atoms with Crippen LogP contribution in [0.3, 0.4) is 0 Å². The van der Waals surface area contributed by atoms with Gasteiger partial charge in [-0.15, -0.1) is 0 Å². The number of amides is 1. The van der Waals surface area contributed by atoms with Crippen LogP contribution in [-0.2, 0) is 17.8 Å². The van der Waals surface area contributed by atoms with Crippen LogP contribution in [0, 0.1) is 17.6 Å². The van der Waals surface area contributed by atoms with Gasteiger partial charge in [0.1, 0.15) is 17.4 Å². The summed E-state index contributed by atoms with van der Waals surface area (Å²) in [6.07, 6.45) is 2.26. The Labute approximate surface area is 157 Å². The number of aryl methyl sites for hydroxylation is 1. The lowest BCUT2D eigenvalue weighted by Crippen LogP contribution is -2.33. The molecule has 1 atom stereocenters. The number of likely N-dealkylation sites (tertiary alicyclic amines) is 1. The van der Waals surface area contributed by atoms with Gasteiger partial charge >= 0.3 is 0 Å². The SMILES string of the molecule is O=C(COc1ccc(CO)cc1)N1CCC(CCc2cc(F)cc(F)c2)C1. The Morgan fingerprint density at radius 2 is 1.81 bits per heavy atom. The largest absolute Gasteiger partial charge is 0.484 e. The maximum Gasteiger partial charge on any atom is 0.260 e. The Kier molecular flexibility index (Phi) is 6.40. The van der Waals surface area contributed by atoms with Crippen molar-refractivity contribution in [3.63, 3.8) is 0 Å². The first kappa shape index (κ1) is 19.3. The van der Waals surface area contributed by atoms with E-state index >= 15 is 0 Å².